The minimum absolute atomic E-state index is 0.0488. The zero-order chi connectivity index (χ0) is 11.9. The molecule has 0 aliphatic rings. The number of carbonyl (C=O) groups is 1. The van der Waals surface area contributed by atoms with E-state index in [0.29, 0.717) is 12.2 Å². The molecular formula is C15H14O2. The molecule has 1 aromatic heterocycles. The summed E-state index contributed by atoms with van der Waals surface area (Å²) in [6.45, 7) is 0. The fourth-order valence-electron chi connectivity index (χ4n) is 1.56. The molecule has 0 bridgehead atoms. The van der Waals surface area contributed by atoms with Crippen molar-refractivity contribution in [2.45, 2.75) is 12.8 Å². The van der Waals surface area contributed by atoms with Crippen LogP contribution in [0.15, 0.2) is 59.2 Å². The van der Waals surface area contributed by atoms with Gasteiger partial charge >= 0.3 is 0 Å². The molecule has 2 heteroatoms. The second kappa shape index (κ2) is 5.85. The average molecular weight is 226 g/mol. The Morgan fingerprint density at radius 1 is 1.12 bits per heavy atom. The molecule has 0 spiro atoms. The van der Waals surface area contributed by atoms with Crippen LogP contribution in [-0.4, -0.2) is 5.78 Å². The van der Waals surface area contributed by atoms with E-state index >= 15 is 0 Å². The molecule has 0 aliphatic heterocycles. The van der Waals surface area contributed by atoms with Crippen molar-refractivity contribution in [1.29, 1.82) is 0 Å². The molecule has 17 heavy (non-hydrogen) atoms. The van der Waals surface area contributed by atoms with Gasteiger partial charge in [0.2, 0.25) is 0 Å². The summed E-state index contributed by atoms with van der Waals surface area (Å²) in [4.78, 5) is 11.6. The highest BCUT2D eigenvalue weighted by atomic mass is 16.3. The smallest absolute Gasteiger partial charge is 0.198 e. The van der Waals surface area contributed by atoms with Crippen LogP contribution in [0.4, 0.5) is 0 Å². The normalized spacial score (nSPS) is 10.8. The minimum Gasteiger partial charge on any atom is -0.461 e. The largest absolute Gasteiger partial charge is 0.461 e. The molecule has 86 valence electrons. The summed E-state index contributed by atoms with van der Waals surface area (Å²) in [5.74, 6) is 0.492. The van der Waals surface area contributed by atoms with Crippen LogP contribution in [0.2, 0.25) is 0 Å². The van der Waals surface area contributed by atoms with Crippen LogP contribution in [0.3, 0.4) is 0 Å². The molecule has 1 heterocycles. The molecule has 0 atom stereocenters. The zero-order valence-corrected chi connectivity index (χ0v) is 9.50. The van der Waals surface area contributed by atoms with E-state index in [2.05, 4.69) is 0 Å². The summed E-state index contributed by atoms with van der Waals surface area (Å²) in [7, 11) is 0. The number of Topliss-reactive ketones (excluding diaryl/α,β-unsaturated/α-hetero) is 1. The molecule has 1 aromatic carbocycles. The first-order valence-electron chi connectivity index (χ1n) is 5.64. The highest BCUT2D eigenvalue weighted by molar-refractivity contribution is 5.93. The molecular weight excluding hydrogens is 212 g/mol. The van der Waals surface area contributed by atoms with Gasteiger partial charge in [-0.2, -0.15) is 0 Å². The number of carbonyl (C=O) groups excluding carboxylic acids is 1. The van der Waals surface area contributed by atoms with Gasteiger partial charge in [-0.1, -0.05) is 42.5 Å². The van der Waals surface area contributed by atoms with Crippen LogP contribution in [-0.2, 0) is 0 Å². The number of hydrogen-bond donors (Lipinski definition) is 0. The van der Waals surface area contributed by atoms with E-state index in [4.69, 9.17) is 4.42 Å². The van der Waals surface area contributed by atoms with Gasteiger partial charge in [-0.25, -0.2) is 0 Å². The molecule has 0 saturated heterocycles. The van der Waals surface area contributed by atoms with Crippen molar-refractivity contribution in [3.8, 4) is 0 Å². The first-order chi connectivity index (χ1) is 8.36. The van der Waals surface area contributed by atoms with Gasteiger partial charge in [-0.15, -0.1) is 0 Å². The second-order valence-corrected chi connectivity index (χ2v) is 3.75. The molecule has 0 amide bonds. The molecule has 0 saturated carbocycles. The topological polar surface area (TPSA) is 30.2 Å². The highest BCUT2D eigenvalue weighted by Crippen LogP contribution is 2.08. The standard InChI is InChI=1S/C15H14O2/c16-14(15-11-6-12-17-15)10-5-4-9-13-7-2-1-3-8-13/h1-4,6-9,11-12H,5,10H2/b9-4+. The Labute approximate surface area is 101 Å². The summed E-state index contributed by atoms with van der Waals surface area (Å²) >= 11 is 0. The van der Waals surface area contributed by atoms with E-state index in [0.717, 1.165) is 12.0 Å². The summed E-state index contributed by atoms with van der Waals surface area (Å²) in [5.41, 5.74) is 1.15. The summed E-state index contributed by atoms with van der Waals surface area (Å²) in [5, 5.41) is 0. The van der Waals surface area contributed by atoms with Crippen molar-refractivity contribution in [3.63, 3.8) is 0 Å². The number of rotatable bonds is 5. The summed E-state index contributed by atoms with van der Waals surface area (Å²) < 4.78 is 5.04. The zero-order valence-electron chi connectivity index (χ0n) is 9.50. The van der Waals surface area contributed by atoms with Crippen LogP contribution < -0.4 is 0 Å². The molecule has 0 fully saturated rings. The maximum atomic E-state index is 11.6. The summed E-state index contributed by atoms with van der Waals surface area (Å²) in [6.07, 6.45) is 6.77. The fourth-order valence-corrected chi connectivity index (χ4v) is 1.56. The molecule has 0 aliphatic carbocycles. The van der Waals surface area contributed by atoms with Crippen molar-refractivity contribution in [2.75, 3.05) is 0 Å². The van der Waals surface area contributed by atoms with Gasteiger partial charge < -0.3 is 4.42 Å². The van der Waals surface area contributed by atoms with Gasteiger partial charge in [0.15, 0.2) is 11.5 Å². The third-order valence-electron chi connectivity index (χ3n) is 2.44. The molecule has 2 rings (SSSR count). The lowest BCUT2D eigenvalue weighted by atomic mass is 10.1. The van der Waals surface area contributed by atoms with Gasteiger partial charge in [-0.3, -0.25) is 4.79 Å². The number of hydrogen-bond acceptors (Lipinski definition) is 2. The monoisotopic (exact) mass is 226 g/mol. The predicted octanol–water partition coefficient (Wildman–Crippen LogP) is 3.96. The van der Waals surface area contributed by atoms with Gasteiger partial charge in [0.05, 0.1) is 6.26 Å². The molecule has 2 nitrogen and oxygen atoms in total. The average Bonchev–Trinajstić information content (AvgIpc) is 2.89. The van der Waals surface area contributed by atoms with E-state index in [9.17, 15) is 4.79 Å². The number of furan rings is 1. The van der Waals surface area contributed by atoms with Gasteiger partial charge in [0.1, 0.15) is 0 Å². The molecule has 0 radical (unpaired) electrons. The SMILES string of the molecule is O=C(CC/C=C/c1ccccc1)c1ccco1. The lowest BCUT2D eigenvalue weighted by molar-refractivity contribution is 0.0957. The third-order valence-corrected chi connectivity index (χ3v) is 2.44. The van der Waals surface area contributed by atoms with Crippen LogP contribution >= 0.6 is 0 Å². The van der Waals surface area contributed by atoms with Crippen molar-refractivity contribution < 1.29 is 9.21 Å². The van der Waals surface area contributed by atoms with Gasteiger partial charge in [-0.05, 0) is 24.1 Å². The second-order valence-electron chi connectivity index (χ2n) is 3.75. The Balaban J connectivity index is 1.80. The van der Waals surface area contributed by atoms with Gasteiger partial charge in [0.25, 0.3) is 0 Å². The van der Waals surface area contributed by atoms with Crippen molar-refractivity contribution >= 4 is 11.9 Å². The Morgan fingerprint density at radius 2 is 1.94 bits per heavy atom. The predicted molar refractivity (Wildman–Crippen MR) is 67.7 cm³/mol. The Kier molecular flexibility index (Phi) is 3.92. The van der Waals surface area contributed by atoms with E-state index in [1.54, 1.807) is 12.1 Å². The van der Waals surface area contributed by atoms with E-state index in [1.165, 1.54) is 6.26 Å². The lowest BCUT2D eigenvalue weighted by Gasteiger charge is -1.94. The first kappa shape index (κ1) is 11.4. The fraction of sp³-hybridized carbons (Fsp3) is 0.133. The Morgan fingerprint density at radius 3 is 2.65 bits per heavy atom. The molecule has 0 N–H and O–H groups in total. The van der Waals surface area contributed by atoms with Crippen molar-refractivity contribution in [1.82, 2.24) is 0 Å². The lowest BCUT2D eigenvalue weighted by Crippen LogP contribution is -1.95. The molecule has 2 aromatic rings. The van der Waals surface area contributed by atoms with Crippen LogP contribution in [0.5, 0.6) is 0 Å². The maximum Gasteiger partial charge on any atom is 0.198 e. The Hall–Kier alpha value is -2.09. The highest BCUT2D eigenvalue weighted by Gasteiger charge is 2.06. The van der Waals surface area contributed by atoms with Crippen LogP contribution in [0.25, 0.3) is 6.08 Å². The van der Waals surface area contributed by atoms with Crippen LogP contribution in [0, 0.1) is 0 Å². The maximum absolute atomic E-state index is 11.6. The number of allylic oxidation sites excluding steroid dienone is 1. The van der Waals surface area contributed by atoms with E-state index < -0.39 is 0 Å². The van der Waals surface area contributed by atoms with E-state index in [1.807, 2.05) is 42.5 Å². The summed E-state index contributed by atoms with van der Waals surface area (Å²) in [6, 6.07) is 13.5. The van der Waals surface area contributed by atoms with Crippen molar-refractivity contribution in [3.05, 3.63) is 66.1 Å². The first-order valence-corrected chi connectivity index (χ1v) is 5.64. The number of ketones is 1. The van der Waals surface area contributed by atoms with E-state index in [-0.39, 0.29) is 5.78 Å². The third kappa shape index (κ3) is 3.45. The molecule has 0 unspecified atom stereocenters. The quantitative estimate of drug-likeness (QED) is 0.722. The van der Waals surface area contributed by atoms with Crippen molar-refractivity contribution in [2.24, 2.45) is 0 Å². The Bertz CT molecular complexity index is 481. The van der Waals surface area contributed by atoms with Crippen LogP contribution in [0.1, 0.15) is 29.0 Å². The van der Waals surface area contributed by atoms with Gasteiger partial charge in [0, 0.05) is 6.42 Å². The minimum atomic E-state index is 0.0488. The number of benzene rings is 1.